The number of rotatable bonds is 13. The van der Waals surface area contributed by atoms with Crippen molar-refractivity contribution in [2.75, 3.05) is 64.1 Å². The monoisotopic (exact) mass is 363 g/mol. The van der Waals surface area contributed by atoms with Gasteiger partial charge in [0.15, 0.2) is 0 Å². The van der Waals surface area contributed by atoms with Crippen molar-refractivity contribution in [3.8, 4) is 0 Å². The van der Waals surface area contributed by atoms with Crippen molar-refractivity contribution in [2.24, 2.45) is 5.92 Å². The van der Waals surface area contributed by atoms with Crippen molar-refractivity contribution in [1.82, 2.24) is 10.6 Å². The Morgan fingerprint density at radius 2 is 1.69 bits per heavy atom. The molecule has 0 spiro atoms. The molecule has 0 bridgehead atoms. The molecule has 2 N–H and O–H groups in total. The fourth-order valence-corrected chi connectivity index (χ4v) is 3.04. The van der Waals surface area contributed by atoms with Gasteiger partial charge in [0, 0.05) is 51.6 Å². The van der Waals surface area contributed by atoms with E-state index in [2.05, 4.69) is 53.6 Å². The van der Waals surface area contributed by atoms with Gasteiger partial charge in [0.2, 0.25) is 0 Å². The number of nitrogens with one attached hydrogen (secondary N) is 2. The van der Waals surface area contributed by atoms with E-state index < -0.39 is 0 Å². The van der Waals surface area contributed by atoms with Crippen molar-refractivity contribution < 1.29 is 9.47 Å². The molecule has 1 aliphatic heterocycles. The highest BCUT2D eigenvalue weighted by molar-refractivity contribution is 5.48. The van der Waals surface area contributed by atoms with E-state index in [1.54, 1.807) is 0 Å². The van der Waals surface area contributed by atoms with Gasteiger partial charge in [-0.2, -0.15) is 0 Å². The van der Waals surface area contributed by atoms with E-state index in [0.717, 1.165) is 64.8 Å². The number of nitrogens with zero attached hydrogens (tertiary/aromatic N) is 1. The molecule has 0 radical (unpaired) electrons. The summed E-state index contributed by atoms with van der Waals surface area (Å²) < 4.78 is 11.2. The van der Waals surface area contributed by atoms with E-state index >= 15 is 0 Å². The number of hydrogen-bond acceptors (Lipinski definition) is 5. The topological polar surface area (TPSA) is 45.8 Å². The molecule has 0 unspecified atom stereocenters. The second-order valence-corrected chi connectivity index (χ2v) is 7.34. The van der Waals surface area contributed by atoms with Gasteiger partial charge in [-0.25, -0.2) is 0 Å². The van der Waals surface area contributed by atoms with Crippen LogP contribution in [0.15, 0.2) is 24.3 Å². The van der Waals surface area contributed by atoms with Gasteiger partial charge in [0.05, 0.1) is 19.8 Å². The number of hydrogen-bond donors (Lipinski definition) is 2. The third-order valence-electron chi connectivity index (χ3n) is 4.61. The molecule has 26 heavy (non-hydrogen) atoms. The second-order valence-electron chi connectivity index (χ2n) is 7.34. The smallest absolute Gasteiger partial charge is 0.0701 e. The summed E-state index contributed by atoms with van der Waals surface area (Å²) in [4.78, 5) is 2.44. The van der Waals surface area contributed by atoms with E-state index in [0.29, 0.717) is 13.2 Å². The fraction of sp³-hybridized carbons (Fsp3) is 0.714. The Hall–Kier alpha value is -1.14. The van der Waals surface area contributed by atoms with Crippen LogP contribution in [-0.2, 0) is 16.0 Å². The normalized spacial score (nSPS) is 15.0. The zero-order valence-electron chi connectivity index (χ0n) is 16.6. The van der Waals surface area contributed by atoms with Crippen LogP contribution in [0.1, 0.15) is 32.3 Å². The molecule has 0 saturated carbocycles. The number of anilines is 1. The van der Waals surface area contributed by atoms with Crippen LogP contribution < -0.4 is 15.5 Å². The van der Waals surface area contributed by atoms with E-state index in [1.165, 1.54) is 17.7 Å². The van der Waals surface area contributed by atoms with Gasteiger partial charge in [0.1, 0.15) is 0 Å². The Bertz CT molecular complexity index is 459. The van der Waals surface area contributed by atoms with Gasteiger partial charge in [-0.15, -0.1) is 0 Å². The quantitative estimate of drug-likeness (QED) is 0.528. The van der Waals surface area contributed by atoms with Gasteiger partial charge < -0.3 is 25.0 Å². The minimum absolute atomic E-state index is 0.683. The summed E-state index contributed by atoms with van der Waals surface area (Å²) in [6.45, 7) is 13.6. The van der Waals surface area contributed by atoms with Gasteiger partial charge >= 0.3 is 0 Å². The predicted octanol–water partition coefficient (Wildman–Crippen LogP) is 2.66. The zero-order chi connectivity index (χ0) is 18.5. The first kappa shape index (κ1) is 21.2. The number of benzene rings is 1. The molecule has 1 aromatic carbocycles. The minimum Gasteiger partial charge on any atom is -0.379 e. The highest BCUT2D eigenvalue weighted by atomic mass is 16.5. The average molecular weight is 364 g/mol. The Labute approximate surface area is 159 Å². The van der Waals surface area contributed by atoms with E-state index in [1.807, 2.05) is 0 Å². The molecule has 1 heterocycles. The maximum absolute atomic E-state index is 5.60. The lowest BCUT2D eigenvalue weighted by Gasteiger charge is -2.29. The molecule has 1 aliphatic rings. The molecule has 0 aromatic heterocycles. The molecule has 1 aromatic rings. The van der Waals surface area contributed by atoms with Crippen LogP contribution in [-0.4, -0.2) is 59.2 Å². The Morgan fingerprint density at radius 3 is 2.38 bits per heavy atom. The van der Waals surface area contributed by atoms with Gasteiger partial charge in [-0.1, -0.05) is 26.0 Å². The van der Waals surface area contributed by atoms with Gasteiger partial charge in [0.25, 0.3) is 0 Å². The third-order valence-corrected chi connectivity index (χ3v) is 4.61. The Balaban J connectivity index is 1.44. The lowest BCUT2D eigenvalue weighted by Crippen LogP contribution is -2.43. The minimum atomic E-state index is 0.683. The van der Waals surface area contributed by atoms with Gasteiger partial charge in [-0.05, 0) is 36.5 Å². The lowest BCUT2D eigenvalue weighted by atomic mass is 10.1. The van der Waals surface area contributed by atoms with Crippen LogP contribution >= 0.6 is 0 Å². The maximum atomic E-state index is 5.60. The highest BCUT2D eigenvalue weighted by Crippen LogP contribution is 2.15. The maximum Gasteiger partial charge on any atom is 0.0701 e. The molecule has 0 amide bonds. The predicted molar refractivity (Wildman–Crippen MR) is 109 cm³/mol. The summed E-state index contributed by atoms with van der Waals surface area (Å²) in [5.41, 5.74) is 2.64. The van der Waals surface area contributed by atoms with E-state index in [-0.39, 0.29) is 0 Å². The molecule has 5 nitrogen and oxygen atoms in total. The molecule has 5 heteroatoms. The summed E-state index contributed by atoms with van der Waals surface area (Å²) in [7, 11) is 0. The first-order valence-electron chi connectivity index (χ1n) is 10.2. The number of ether oxygens (including phenoxy) is 2. The fourth-order valence-electron chi connectivity index (χ4n) is 3.04. The van der Waals surface area contributed by atoms with Crippen LogP contribution in [0.3, 0.4) is 0 Å². The van der Waals surface area contributed by atoms with Crippen LogP contribution in [0.4, 0.5) is 5.69 Å². The van der Waals surface area contributed by atoms with Crippen molar-refractivity contribution in [2.45, 2.75) is 33.2 Å². The molecule has 148 valence electrons. The summed E-state index contributed by atoms with van der Waals surface area (Å²) in [5, 5.41) is 6.82. The molecule has 0 atom stereocenters. The van der Waals surface area contributed by atoms with Gasteiger partial charge in [-0.3, -0.25) is 0 Å². The largest absolute Gasteiger partial charge is 0.379 e. The van der Waals surface area contributed by atoms with Crippen molar-refractivity contribution in [3.63, 3.8) is 0 Å². The summed E-state index contributed by atoms with van der Waals surface area (Å²) in [6.07, 6.45) is 2.38. The summed E-state index contributed by atoms with van der Waals surface area (Å²) in [6, 6.07) is 8.90. The summed E-state index contributed by atoms with van der Waals surface area (Å²) >= 11 is 0. The lowest BCUT2D eigenvalue weighted by molar-refractivity contribution is 0.0466. The summed E-state index contributed by atoms with van der Waals surface area (Å²) in [5.74, 6) is 0.763. The molecule has 2 rings (SSSR count). The average Bonchev–Trinajstić information content (AvgIpc) is 2.67. The first-order chi connectivity index (χ1) is 12.8. The van der Waals surface area contributed by atoms with Crippen LogP contribution in [0, 0.1) is 5.92 Å². The SMILES string of the molecule is CC(C)CCCOCCOCCNCc1ccc(N2CCNCC2)cc1. The second kappa shape index (κ2) is 13.1. The Morgan fingerprint density at radius 1 is 1.00 bits per heavy atom. The van der Waals surface area contributed by atoms with Crippen LogP contribution in [0.25, 0.3) is 0 Å². The molecular formula is C21H37N3O2. The van der Waals surface area contributed by atoms with Crippen LogP contribution in [0.5, 0.6) is 0 Å². The van der Waals surface area contributed by atoms with E-state index in [9.17, 15) is 0 Å². The number of piperazine rings is 1. The van der Waals surface area contributed by atoms with Crippen LogP contribution in [0.2, 0.25) is 0 Å². The third kappa shape index (κ3) is 8.99. The zero-order valence-corrected chi connectivity index (χ0v) is 16.6. The van der Waals surface area contributed by atoms with E-state index in [4.69, 9.17) is 9.47 Å². The highest BCUT2D eigenvalue weighted by Gasteiger charge is 2.09. The van der Waals surface area contributed by atoms with Crippen molar-refractivity contribution in [3.05, 3.63) is 29.8 Å². The molecular weight excluding hydrogens is 326 g/mol. The Kier molecular flexibility index (Phi) is 10.7. The molecule has 0 aliphatic carbocycles. The van der Waals surface area contributed by atoms with Crippen molar-refractivity contribution >= 4 is 5.69 Å². The molecule has 1 saturated heterocycles. The molecule has 1 fully saturated rings. The first-order valence-corrected chi connectivity index (χ1v) is 10.2. The standard InChI is InChI=1S/C21H37N3O2/c1-19(2)4-3-14-25-16-17-26-15-11-23-18-20-5-7-21(8-6-20)24-12-9-22-10-13-24/h5-8,19,22-23H,3-4,9-18H2,1-2H3. The van der Waals surface area contributed by atoms with Crippen molar-refractivity contribution in [1.29, 1.82) is 0 Å².